The van der Waals surface area contributed by atoms with Crippen LogP contribution in [-0.2, 0) is 22.7 Å². The average molecular weight is 430 g/mol. The van der Waals surface area contributed by atoms with Crippen molar-refractivity contribution in [1.82, 2.24) is 10.6 Å². The summed E-state index contributed by atoms with van der Waals surface area (Å²) in [5, 5.41) is 35.5. The van der Waals surface area contributed by atoms with Gasteiger partial charge in [-0.05, 0) is 17.5 Å². The number of carbonyl (C=O) groups is 2. The molecule has 0 bridgehead atoms. The van der Waals surface area contributed by atoms with Crippen molar-refractivity contribution in [2.45, 2.75) is 50.0 Å². The fourth-order valence-electron chi connectivity index (χ4n) is 3.35. The zero-order valence-electron chi connectivity index (χ0n) is 16.8. The van der Waals surface area contributed by atoms with E-state index in [1.165, 1.54) is 0 Å². The van der Waals surface area contributed by atoms with Crippen molar-refractivity contribution in [3.63, 3.8) is 0 Å². The number of nitrogens with one attached hydrogen (secondary N) is 2. The summed E-state index contributed by atoms with van der Waals surface area (Å²) < 4.78 is 10.3. The second-order valence-corrected chi connectivity index (χ2v) is 7.33. The molecule has 1 aliphatic rings. The Kier molecular flexibility index (Phi) is 7.82. The summed E-state index contributed by atoms with van der Waals surface area (Å²) in [6.07, 6.45) is -6.05. The van der Waals surface area contributed by atoms with Gasteiger partial charge in [0, 0.05) is 0 Å². The van der Waals surface area contributed by atoms with Crippen molar-refractivity contribution in [2.75, 3.05) is 0 Å². The maximum absolute atomic E-state index is 12.1. The number of carbonyl (C=O) groups excluding carboxylic acids is 2. The van der Waals surface area contributed by atoms with E-state index < -0.39 is 42.6 Å². The van der Waals surface area contributed by atoms with Gasteiger partial charge in [0.25, 0.3) is 0 Å². The van der Waals surface area contributed by atoms with Gasteiger partial charge >= 0.3 is 12.2 Å². The molecule has 1 unspecified atom stereocenters. The Morgan fingerprint density at radius 3 is 1.48 bits per heavy atom. The summed E-state index contributed by atoms with van der Waals surface area (Å²) in [6.45, 7) is 0.0717. The molecule has 1 fully saturated rings. The minimum atomic E-state index is -1.58. The molecule has 1 saturated carbocycles. The molecule has 0 radical (unpaired) electrons. The maximum atomic E-state index is 12.1. The second kappa shape index (κ2) is 10.8. The fraction of sp³-hybridized carbons (Fsp3) is 0.364. The first kappa shape index (κ1) is 22.5. The Bertz CT molecular complexity index is 780. The molecule has 9 heteroatoms. The van der Waals surface area contributed by atoms with Crippen LogP contribution in [0.1, 0.15) is 17.5 Å². The number of ether oxygens (including phenoxy) is 2. The lowest BCUT2D eigenvalue weighted by Gasteiger charge is -2.40. The number of rotatable bonds is 6. The molecule has 2 amide bonds. The smallest absolute Gasteiger partial charge is 0.407 e. The molecule has 2 aromatic rings. The molecule has 0 saturated heterocycles. The van der Waals surface area contributed by atoms with Crippen molar-refractivity contribution >= 4 is 12.2 Å². The maximum Gasteiger partial charge on any atom is 0.407 e. The number of benzene rings is 2. The predicted octanol–water partition coefficient (Wildman–Crippen LogP) is 1.06. The highest BCUT2D eigenvalue weighted by molar-refractivity contribution is 5.68. The highest BCUT2D eigenvalue weighted by atomic mass is 16.6. The van der Waals surface area contributed by atoms with E-state index in [2.05, 4.69) is 10.6 Å². The van der Waals surface area contributed by atoms with Crippen LogP contribution in [0, 0.1) is 0 Å². The van der Waals surface area contributed by atoms with Crippen molar-refractivity contribution in [3.8, 4) is 0 Å². The number of aliphatic hydroxyl groups is 3. The summed E-state index contributed by atoms with van der Waals surface area (Å²) in [5.41, 5.74) is 1.58. The Balaban J connectivity index is 1.51. The highest BCUT2D eigenvalue weighted by Gasteiger charge is 2.44. The summed E-state index contributed by atoms with van der Waals surface area (Å²) in [5.74, 6) is 0. The van der Waals surface area contributed by atoms with E-state index in [0.717, 1.165) is 11.1 Å². The van der Waals surface area contributed by atoms with E-state index >= 15 is 0 Å². The van der Waals surface area contributed by atoms with Crippen LogP contribution < -0.4 is 10.6 Å². The van der Waals surface area contributed by atoms with E-state index in [1.807, 2.05) is 36.4 Å². The molecule has 5 N–H and O–H groups in total. The van der Waals surface area contributed by atoms with Gasteiger partial charge in [-0.25, -0.2) is 9.59 Å². The quantitative estimate of drug-likeness (QED) is 0.462. The first-order valence-corrected chi connectivity index (χ1v) is 9.92. The predicted molar refractivity (Wildman–Crippen MR) is 110 cm³/mol. The van der Waals surface area contributed by atoms with E-state index in [0.29, 0.717) is 0 Å². The number of hydrogen-bond donors (Lipinski definition) is 5. The number of alkyl carbamates (subject to hydrolysis) is 2. The fourth-order valence-corrected chi connectivity index (χ4v) is 3.35. The second-order valence-electron chi connectivity index (χ2n) is 7.33. The van der Waals surface area contributed by atoms with E-state index in [1.54, 1.807) is 24.3 Å². The summed E-state index contributed by atoms with van der Waals surface area (Å²) in [6, 6.07) is 16.2. The van der Waals surface area contributed by atoms with Gasteiger partial charge in [0.05, 0.1) is 12.1 Å². The number of hydrogen-bond acceptors (Lipinski definition) is 7. The van der Waals surface area contributed by atoms with Gasteiger partial charge in [-0.3, -0.25) is 0 Å². The molecule has 5 atom stereocenters. The number of aliphatic hydroxyl groups excluding tert-OH is 3. The van der Waals surface area contributed by atoms with Crippen LogP contribution >= 0.6 is 0 Å². The lowest BCUT2D eigenvalue weighted by Crippen LogP contribution is -2.64. The Morgan fingerprint density at radius 1 is 0.710 bits per heavy atom. The van der Waals surface area contributed by atoms with Gasteiger partial charge in [-0.2, -0.15) is 0 Å². The third-order valence-corrected chi connectivity index (χ3v) is 5.06. The molecular formula is C22H26N2O7. The van der Waals surface area contributed by atoms with E-state index in [-0.39, 0.29) is 19.6 Å². The van der Waals surface area contributed by atoms with Crippen molar-refractivity contribution in [3.05, 3.63) is 71.8 Å². The van der Waals surface area contributed by atoms with Crippen LogP contribution in [0.15, 0.2) is 60.7 Å². The van der Waals surface area contributed by atoms with Crippen molar-refractivity contribution in [1.29, 1.82) is 0 Å². The standard InChI is InChI=1S/C22H26N2O7/c25-18-16(23-21(28)30-12-14-7-3-1-4-8-14)11-17(19(26)20(18)27)24-22(29)31-13-15-9-5-2-6-10-15/h1-10,16-20,25-27H,11-13H2,(H,23,28)(H,24,29)/t16-,17+,18+,19-,20?. The molecule has 166 valence electrons. The lowest BCUT2D eigenvalue weighted by molar-refractivity contribution is -0.110. The zero-order valence-corrected chi connectivity index (χ0v) is 16.8. The Labute approximate surface area is 179 Å². The molecule has 3 rings (SSSR count). The molecule has 0 heterocycles. The highest BCUT2D eigenvalue weighted by Crippen LogP contribution is 2.21. The Hall–Kier alpha value is -3.14. The van der Waals surface area contributed by atoms with Crippen molar-refractivity contribution < 1.29 is 34.4 Å². The molecule has 31 heavy (non-hydrogen) atoms. The Morgan fingerprint density at radius 2 is 1.10 bits per heavy atom. The SMILES string of the molecule is O=C(N[C@H]1C[C@@H](NC(=O)OCc2ccccc2)[C@H](O)C(O)[C@@H]1O)OCc1ccccc1. The van der Waals surface area contributed by atoms with Gasteiger partial charge in [0.2, 0.25) is 0 Å². The van der Waals surface area contributed by atoms with Gasteiger partial charge in [-0.15, -0.1) is 0 Å². The first-order valence-electron chi connectivity index (χ1n) is 9.92. The average Bonchev–Trinajstić information content (AvgIpc) is 2.79. The molecule has 0 aromatic heterocycles. The molecule has 0 aliphatic heterocycles. The third-order valence-electron chi connectivity index (χ3n) is 5.06. The minimum Gasteiger partial charge on any atom is -0.445 e. The van der Waals surface area contributed by atoms with Crippen LogP contribution in [0.4, 0.5) is 9.59 Å². The van der Waals surface area contributed by atoms with Gasteiger partial charge in [0.1, 0.15) is 31.5 Å². The van der Waals surface area contributed by atoms with Crippen LogP contribution in [0.25, 0.3) is 0 Å². The molecule has 1 aliphatic carbocycles. The summed E-state index contributed by atoms with van der Waals surface area (Å²) in [7, 11) is 0. The topological polar surface area (TPSA) is 137 Å². The van der Waals surface area contributed by atoms with Gasteiger partial charge in [0.15, 0.2) is 0 Å². The van der Waals surface area contributed by atoms with Crippen molar-refractivity contribution in [2.24, 2.45) is 0 Å². The number of amides is 2. The van der Waals surface area contributed by atoms with Crippen LogP contribution in [0.3, 0.4) is 0 Å². The largest absolute Gasteiger partial charge is 0.445 e. The zero-order chi connectivity index (χ0) is 22.2. The van der Waals surface area contributed by atoms with Crippen LogP contribution in [-0.4, -0.2) is 57.9 Å². The summed E-state index contributed by atoms with van der Waals surface area (Å²) in [4.78, 5) is 24.2. The third kappa shape index (κ3) is 6.42. The van der Waals surface area contributed by atoms with Crippen LogP contribution in [0.2, 0.25) is 0 Å². The van der Waals surface area contributed by atoms with Gasteiger partial charge in [-0.1, -0.05) is 60.7 Å². The molecule has 2 aromatic carbocycles. The normalized spacial score (nSPS) is 25.3. The molecule has 9 nitrogen and oxygen atoms in total. The molecule has 0 spiro atoms. The van der Waals surface area contributed by atoms with E-state index in [9.17, 15) is 24.9 Å². The van der Waals surface area contributed by atoms with Gasteiger partial charge < -0.3 is 35.4 Å². The first-order chi connectivity index (χ1) is 14.9. The lowest BCUT2D eigenvalue weighted by atomic mass is 9.84. The van der Waals surface area contributed by atoms with Crippen LogP contribution in [0.5, 0.6) is 0 Å². The summed E-state index contributed by atoms with van der Waals surface area (Å²) >= 11 is 0. The monoisotopic (exact) mass is 430 g/mol. The minimum absolute atomic E-state index is 0.0275. The molecular weight excluding hydrogens is 404 g/mol. The van der Waals surface area contributed by atoms with E-state index in [4.69, 9.17) is 9.47 Å².